The van der Waals surface area contributed by atoms with Gasteiger partial charge >= 0.3 is 5.92 Å². The number of benzene rings is 4. The van der Waals surface area contributed by atoms with E-state index in [1.54, 1.807) is 12.1 Å². The molecule has 3 heteroatoms. The zero-order valence-corrected chi connectivity index (χ0v) is 18.6. The first-order chi connectivity index (χ1) is 16.1. The highest BCUT2D eigenvalue weighted by Crippen LogP contribution is 2.55. The fourth-order valence-corrected chi connectivity index (χ4v) is 5.65. The summed E-state index contributed by atoms with van der Waals surface area (Å²) in [6.45, 7) is 4.28. The SMILES string of the molecule is CCc1c(CC)c(-c2ccccc2)c2c3c(nc4ccccc42)C(F)(F)c2ccccc2-c13. The van der Waals surface area contributed by atoms with Gasteiger partial charge < -0.3 is 0 Å². The molecule has 0 saturated heterocycles. The third-order valence-electron chi connectivity index (χ3n) is 6.96. The molecule has 162 valence electrons. The summed E-state index contributed by atoms with van der Waals surface area (Å²) in [5.74, 6) is -3.17. The summed E-state index contributed by atoms with van der Waals surface area (Å²) in [5, 5.41) is 2.41. The average Bonchev–Trinajstić information content (AvgIpc) is 2.86. The molecule has 33 heavy (non-hydrogen) atoms. The van der Waals surface area contributed by atoms with Gasteiger partial charge in [-0.25, -0.2) is 4.98 Å². The van der Waals surface area contributed by atoms with E-state index in [9.17, 15) is 0 Å². The van der Waals surface area contributed by atoms with Crippen LogP contribution in [0.3, 0.4) is 0 Å². The maximum absolute atomic E-state index is 16.1. The molecule has 0 spiro atoms. The van der Waals surface area contributed by atoms with Crippen LogP contribution in [-0.4, -0.2) is 4.98 Å². The lowest BCUT2D eigenvalue weighted by Gasteiger charge is -2.32. The van der Waals surface area contributed by atoms with E-state index in [1.165, 1.54) is 5.56 Å². The minimum Gasteiger partial charge on any atom is -0.245 e. The van der Waals surface area contributed by atoms with E-state index in [1.807, 2.05) is 54.6 Å². The second kappa shape index (κ2) is 7.21. The molecule has 0 bridgehead atoms. The minimum absolute atomic E-state index is 0.0470. The van der Waals surface area contributed by atoms with Crippen molar-refractivity contribution in [2.45, 2.75) is 32.6 Å². The fraction of sp³-hybridized carbons (Fsp3) is 0.167. The summed E-state index contributed by atoms with van der Waals surface area (Å²) in [4.78, 5) is 4.60. The van der Waals surface area contributed by atoms with E-state index in [2.05, 4.69) is 31.0 Å². The summed E-state index contributed by atoms with van der Waals surface area (Å²) in [6.07, 6.45) is 1.58. The van der Waals surface area contributed by atoms with E-state index in [4.69, 9.17) is 0 Å². The molecule has 0 N–H and O–H groups in total. The third kappa shape index (κ3) is 2.65. The summed E-state index contributed by atoms with van der Waals surface area (Å²) in [7, 11) is 0. The van der Waals surface area contributed by atoms with Crippen LogP contribution < -0.4 is 0 Å². The van der Waals surface area contributed by atoms with Crippen molar-refractivity contribution < 1.29 is 8.78 Å². The standard InChI is InChI=1S/C30H23F2N/c1-3-19-20(4-2)26-21-14-8-10-16-23(21)30(31,32)29-28(26)27(22-15-9-11-17-24(22)33-29)25(19)18-12-6-5-7-13-18/h5-17H,3-4H2,1-2H3. The van der Waals surface area contributed by atoms with Crippen LogP contribution in [0.2, 0.25) is 0 Å². The molecule has 1 heterocycles. The molecule has 0 amide bonds. The van der Waals surface area contributed by atoms with Crippen molar-refractivity contribution >= 4 is 21.7 Å². The van der Waals surface area contributed by atoms with Crippen molar-refractivity contribution in [1.82, 2.24) is 4.98 Å². The minimum atomic E-state index is -3.17. The summed E-state index contributed by atoms with van der Waals surface area (Å²) in [5.41, 5.74) is 6.57. The summed E-state index contributed by atoms with van der Waals surface area (Å²) in [6, 6.07) is 24.8. The normalized spacial score (nSPS) is 13.9. The molecule has 0 atom stereocenters. The highest BCUT2D eigenvalue weighted by Gasteiger charge is 2.45. The number of hydrogen-bond donors (Lipinski definition) is 0. The molecule has 0 fully saturated rings. The van der Waals surface area contributed by atoms with Gasteiger partial charge in [0.15, 0.2) is 0 Å². The summed E-state index contributed by atoms with van der Waals surface area (Å²) >= 11 is 0. The molecule has 4 aromatic carbocycles. The highest BCUT2D eigenvalue weighted by atomic mass is 19.3. The molecular formula is C30H23F2N. The predicted octanol–water partition coefficient (Wildman–Crippen LogP) is 8.30. The van der Waals surface area contributed by atoms with Crippen molar-refractivity contribution in [2.75, 3.05) is 0 Å². The lowest BCUT2D eigenvalue weighted by molar-refractivity contribution is 0.0399. The van der Waals surface area contributed by atoms with Crippen molar-refractivity contribution in [3.63, 3.8) is 0 Å². The van der Waals surface area contributed by atoms with Gasteiger partial charge in [-0.3, -0.25) is 0 Å². The van der Waals surface area contributed by atoms with Gasteiger partial charge in [0, 0.05) is 21.7 Å². The number of para-hydroxylation sites is 1. The maximum Gasteiger partial charge on any atom is 0.316 e. The van der Waals surface area contributed by atoms with Crippen molar-refractivity contribution in [1.29, 1.82) is 0 Å². The van der Waals surface area contributed by atoms with Crippen LogP contribution in [0, 0.1) is 0 Å². The molecule has 0 aliphatic heterocycles. The number of nitrogens with zero attached hydrogens (tertiary/aromatic N) is 1. The number of pyridine rings is 1. The van der Waals surface area contributed by atoms with Crippen LogP contribution in [0.1, 0.15) is 36.2 Å². The van der Waals surface area contributed by atoms with Crippen LogP contribution in [0.4, 0.5) is 8.78 Å². The molecule has 0 radical (unpaired) electrons. The van der Waals surface area contributed by atoms with Gasteiger partial charge in [0.25, 0.3) is 0 Å². The number of alkyl halides is 2. The first-order valence-electron chi connectivity index (χ1n) is 11.5. The smallest absolute Gasteiger partial charge is 0.245 e. The molecule has 0 saturated carbocycles. The third-order valence-corrected chi connectivity index (χ3v) is 6.96. The molecular weight excluding hydrogens is 412 g/mol. The Morgan fingerprint density at radius 3 is 2.09 bits per heavy atom. The van der Waals surface area contributed by atoms with Gasteiger partial charge in [-0.15, -0.1) is 0 Å². The first-order valence-corrected chi connectivity index (χ1v) is 11.5. The van der Waals surface area contributed by atoms with Gasteiger partial charge in [0.1, 0.15) is 5.69 Å². The second-order valence-corrected chi connectivity index (χ2v) is 8.63. The van der Waals surface area contributed by atoms with E-state index in [0.717, 1.165) is 45.9 Å². The molecule has 1 aromatic heterocycles. The van der Waals surface area contributed by atoms with Crippen molar-refractivity contribution in [3.05, 3.63) is 101 Å². The lowest BCUT2D eigenvalue weighted by Crippen LogP contribution is -2.23. The molecule has 1 aliphatic carbocycles. The topological polar surface area (TPSA) is 12.9 Å². The Morgan fingerprint density at radius 1 is 0.697 bits per heavy atom. The van der Waals surface area contributed by atoms with Crippen molar-refractivity contribution in [2.24, 2.45) is 0 Å². The number of fused-ring (bicyclic) bond motifs is 4. The van der Waals surface area contributed by atoms with Gasteiger partial charge in [0.2, 0.25) is 0 Å². The van der Waals surface area contributed by atoms with Crippen LogP contribution in [0.25, 0.3) is 43.9 Å². The number of rotatable bonds is 3. The van der Waals surface area contributed by atoms with Crippen LogP contribution in [0.5, 0.6) is 0 Å². The highest BCUT2D eigenvalue weighted by molar-refractivity contribution is 6.20. The van der Waals surface area contributed by atoms with Gasteiger partial charge in [-0.2, -0.15) is 8.78 Å². The maximum atomic E-state index is 16.1. The van der Waals surface area contributed by atoms with Crippen LogP contribution in [0.15, 0.2) is 78.9 Å². The Balaban J connectivity index is 1.98. The molecule has 5 aromatic rings. The monoisotopic (exact) mass is 435 g/mol. The van der Waals surface area contributed by atoms with Gasteiger partial charge in [0.05, 0.1) is 5.52 Å². The Labute approximate surface area is 191 Å². The lowest BCUT2D eigenvalue weighted by atomic mass is 9.75. The van der Waals surface area contributed by atoms with E-state index in [0.29, 0.717) is 16.5 Å². The number of aromatic nitrogens is 1. The number of halogens is 2. The predicted molar refractivity (Wildman–Crippen MR) is 132 cm³/mol. The Kier molecular flexibility index (Phi) is 4.38. The van der Waals surface area contributed by atoms with E-state index >= 15 is 8.78 Å². The summed E-state index contributed by atoms with van der Waals surface area (Å²) < 4.78 is 32.1. The molecule has 1 aliphatic rings. The Hall–Kier alpha value is -3.59. The van der Waals surface area contributed by atoms with Crippen molar-refractivity contribution in [3.8, 4) is 22.3 Å². The Bertz CT molecular complexity index is 1550. The van der Waals surface area contributed by atoms with E-state index < -0.39 is 5.92 Å². The zero-order chi connectivity index (χ0) is 22.7. The molecule has 6 rings (SSSR count). The van der Waals surface area contributed by atoms with Crippen LogP contribution >= 0.6 is 0 Å². The van der Waals surface area contributed by atoms with E-state index in [-0.39, 0.29) is 11.3 Å². The molecule has 0 unspecified atom stereocenters. The fourth-order valence-electron chi connectivity index (χ4n) is 5.65. The zero-order valence-electron chi connectivity index (χ0n) is 18.6. The van der Waals surface area contributed by atoms with Gasteiger partial charge in [-0.1, -0.05) is 86.6 Å². The first kappa shape index (κ1) is 20.0. The Morgan fingerprint density at radius 2 is 1.33 bits per heavy atom. The quantitative estimate of drug-likeness (QED) is 0.260. The number of hydrogen-bond acceptors (Lipinski definition) is 1. The second-order valence-electron chi connectivity index (χ2n) is 8.63. The largest absolute Gasteiger partial charge is 0.316 e. The van der Waals surface area contributed by atoms with Gasteiger partial charge in [-0.05, 0) is 52.3 Å². The molecule has 1 nitrogen and oxygen atoms in total. The van der Waals surface area contributed by atoms with Crippen LogP contribution in [-0.2, 0) is 18.8 Å². The average molecular weight is 436 g/mol.